The lowest BCUT2D eigenvalue weighted by atomic mass is 10.1. The van der Waals surface area contributed by atoms with Gasteiger partial charge in [0.25, 0.3) is 5.91 Å². The highest BCUT2D eigenvalue weighted by Crippen LogP contribution is 2.09. The standard InChI is InChI=1S/C11H12FNO4/c1-6-2-3-7(8(12)4-6)10(15)13-5-9(14)11(16)17/h2-4,9,14H,5H2,1H3,(H,13,15)(H,16,17). The number of carboxylic acids is 1. The van der Waals surface area contributed by atoms with Crippen molar-refractivity contribution in [2.45, 2.75) is 13.0 Å². The van der Waals surface area contributed by atoms with Crippen molar-refractivity contribution in [1.29, 1.82) is 0 Å². The number of rotatable bonds is 4. The van der Waals surface area contributed by atoms with E-state index in [0.717, 1.165) is 0 Å². The number of aliphatic hydroxyl groups excluding tert-OH is 1. The molecule has 0 aromatic heterocycles. The van der Waals surface area contributed by atoms with Crippen molar-refractivity contribution in [1.82, 2.24) is 5.32 Å². The molecule has 17 heavy (non-hydrogen) atoms. The van der Waals surface area contributed by atoms with Crippen LogP contribution in [-0.2, 0) is 4.79 Å². The Kier molecular flexibility index (Phi) is 4.17. The number of carbonyl (C=O) groups is 2. The van der Waals surface area contributed by atoms with Gasteiger partial charge >= 0.3 is 5.97 Å². The van der Waals surface area contributed by atoms with Gasteiger partial charge in [0.15, 0.2) is 6.10 Å². The Hall–Kier alpha value is -1.95. The first-order chi connectivity index (χ1) is 7.91. The lowest BCUT2D eigenvalue weighted by molar-refractivity contribution is -0.146. The Labute approximate surface area is 96.9 Å². The molecule has 1 rings (SSSR count). The predicted octanol–water partition coefficient (Wildman–Crippen LogP) is 0.309. The van der Waals surface area contributed by atoms with E-state index in [1.165, 1.54) is 12.1 Å². The predicted molar refractivity (Wildman–Crippen MR) is 57.1 cm³/mol. The molecule has 0 saturated carbocycles. The number of aliphatic carboxylic acids is 1. The van der Waals surface area contributed by atoms with E-state index >= 15 is 0 Å². The summed E-state index contributed by atoms with van der Waals surface area (Å²) >= 11 is 0. The molecule has 1 amide bonds. The molecule has 92 valence electrons. The third-order valence-corrected chi connectivity index (χ3v) is 2.11. The minimum atomic E-state index is -1.70. The van der Waals surface area contributed by atoms with Crippen LogP contribution in [0.25, 0.3) is 0 Å². The van der Waals surface area contributed by atoms with E-state index in [4.69, 9.17) is 10.2 Å². The number of hydrogen-bond donors (Lipinski definition) is 3. The van der Waals surface area contributed by atoms with E-state index in [-0.39, 0.29) is 5.56 Å². The van der Waals surface area contributed by atoms with Gasteiger partial charge < -0.3 is 15.5 Å². The number of halogens is 1. The monoisotopic (exact) mass is 241 g/mol. The van der Waals surface area contributed by atoms with E-state index in [0.29, 0.717) is 5.56 Å². The molecule has 0 aliphatic rings. The van der Waals surface area contributed by atoms with E-state index in [9.17, 15) is 14.0 Å². The van der Waals surface area contributed by atoms with Crippen LogP contribution >= 0.6 is 0 Å². The van der Waals surface area contributed by atoms with Crippen LogP contribution in [0.5, 0.6) is 0 Å². The van der Waals surface area contributed by atoms with Gasteiger partial charge in [0.2, 0.25) is 0 Å². The zero-order valence-electron chi connectivity index (χ0n) is 9.11. The fourth-order valence-electron chi connectivity index (χ4n) is 1.18. The number of amides is 1. The molecule has 0 bridgehead atoms. The maximum atomic E-state index is 13.3. The molecule has 3 N–H and O–H groups in total. The van der Waals surface area contributed by atoms with Gasteiger partial charge in [-0.1, -0.05) is 6.07 Å². The number of benzene rings is 1. The van der Waals surface area contributed by atoms with Gasteiger partial charge in [0, 0.05) is 0 Å². The van der Waals surface area contributed by atoms with Gasteiger partial charge in [-0.05, 0) is 24.6 Å². The highest BCUT2D eigenvalue weighted by molar-refractivity contribution is 5.94. The lowest BCUT2D eigenvalue weighted by Crippen LogP contribution is -2.36. The summed E-state index contributed by atoms with van der Waals surface area (Å²) in [6, 6.07) is 4.06. The number of aliphatic hydroxyl groups is 1. The van der Waals surface area contributed by atoms with Crippen LogP contribution in [0.2, 0.25) is 0 Å². The van der Waals surface area contributed by atoms with E-state index in [1.807, 2.05) is 0 Å². The van der Waals surface area contributed by atoms with Crippen molar-refractivity contribution in [2.75, 3.05) is 6.54 Å². The first kappa shape index (κ1) is 13.1. The molecule has 1 unspecified atom stereocenters. The minimum absolute atomic E-state index is 0.187. The summed E-state index contributed by atoms with van der Waals surface area (Å²) < 4.78 is 13.3. The summed E-state index contributed by atoms with van der Waals surface area (Å²) in [6.07, 6.45) is -1.70. The fourth-order valence-corrected chi connectivity index (χ4v) is 1.18. The van der Waals surface area contributed by atoms with Gasteiger partial charge in [-0.25, -0.2) is 9.18 Å². The first-order valence-electron chi connectivity index (χ1n) is 4.87. The van der Waals surface area contributed by atoms with Crippen LogP contribution < -0.4 is 5.32 Å². The lowest BCUT2D eigenvalue weighted by Gasteiger charge is -2.08. The molecule has 0 heterocycles. The van der Waals surface area contributed by atoms with E-state index in [2.05, 4.69) is 5.32 Å². The summed E-state index contributed by atoms with van der Waals surface area (Å²) in [5.74, 6) is -2.90. The van der Waals surface area contributed by atoms with Crippen molar-refractivity contribution in [3.05, 3.63) is 35.1 Å². The zero-order valence-corrected chi connectivity index (χ0v) is 9.11. The summed E-state index contributed by atoms with van der Waals surface area (Å²) in [7, 11) is 0. The van der Waals surface area contributed by atoms with Crippen molar-refractivity contribution >= 4 is 11.9 Å². The van der Waals surface area contributed by atoms with Gasteiger partial charge in [-0.2, -0.15) is 0 Å². The Morgan fingerprint density at radius 1 is 1.47 bits per heavy atom. The number of carbonyl (C=O) groups excluding carboxylic acids is 1. The van der Waals surface area contributed by atoms with Gasteiger partial charge in [-0.3, -0.25) is 4.79 Å². The van der Waals surface area contributed by atoms with Crippen LogP contribution in [0.15, 0.2) is 18.2 Å². The van der Waals surface area contributed by atoms with E-state index in [1.54, 1.807) is 13.0 Å². The molecule has 0 spiro atoms. The van der Waals surface area contributed by atoms with Gasteiger partial charge in [0.05, 0.1) is 12.1 Å². The van der Waals surface area contributed by atoms with Crippen molar-refractivity contribution in [2.24, 2.45) is 0 Å². The second-order valence-corrected chi connectivity index (χ2v) is 3.55. The van der Waals surface area contributed by atoms with Crippen LogP contribution in [0.3, 0.4) is 0 Å². The normalized spacial score (nSPS) is 11.9. The SMILES string of the molecule is Cc1ccc(C(=O)NCC(O)C(=O)O)c(F)c1. The number of aryl methyl sites for hydroxylation is 1. The van der Waals surface area contributed by atoms with E-state index < -0.39 is 30.3 Å². The Morgan fingerprint density at radius 2 is 2.12 bits per heavy atom. The number of hydrogen-bond acceptors (Lipinski definition) is 3. The maximum Gasteiger partial charge on any atom is 0.334 e. The second-order valence-electron chi connectivity index (χ2n) is 3.55. The van der Waals surface area contributed by atoms with Crippen molar-refractivity contribution < 1.29 is 24.2 Å². The average Bonchev–Trinajstić information content (AvgIpc) is 2.25. The Balaban J connectivity index is 2.67. The molecule has 0 saturated heterocycles. The van der Waals surface area contributed by atoms with Gasteiger partial charge in [-0.15, -0.1) is 0 Å². The summed E-state index contributed by atoms with van der Waals surface area (Å²) in [6.45, 7) is 1.21. The highest BCUT2D eigenvalue weighted by Gasteiger charge is 2.16. The molecule has 1 aromatic carbocycles. The zero-order chi connectivity index (χ0) is 13.0. The van der Waals surface area contributed by atoms with Gasteiger partial charge in [0.1, 0.15) is 5.82 Å². The minimum Gasteiger partial charge on any atom is -0.479 e. The highest BCUT2D eigenvalue weighted by atomic mass is 19.1. The smallest absolute Gasteiger partial charge is 0.334 e. The second kappa shape index (κ2) is 5.40. The molecule has 0 aliphatic heterocycles. The number of carboxylic acid groups (broad SMARTS) is 1. The molecule has 0 radical (unpaired) electrons. The summed E-state index contributed by atoms with van der Waals surface area (Å²) in [5, 5.41) is 19.4. The summed E-state index contributed by atoms with van der Waals surface area (Å²) in [5.41, 5.74) is 0.484. The van der Waals surface area contributed by atoms with Crippen molar-refractivity contribution in [3.8, 4) is 0 Å². The van der Waals surface area contributed by atoms with Crippen LogP contribution in [-0.4, -0.2) is 34.7 Å². The van der Waals surface area contributed by atoms with Crippen LogP contribution in [0.4, 0.5) is 4.39 Å². The van der Waals surface area contributed by atoms with Crippen molar-refractivity contribution in [3.63, 3.8) is 0 Å². The molecule has 5 nitrogen and oxygen atoms in total. The van der Waals surface area contributed by atoms with Crippen LogP contribution in [0, 0.1) is 12.7 Å². The Bertz CT molecular complexity index is 447. The third-order valence-electron chi connectivity index (χ3n) is 2.11. The molecule has 1 aromatic rings. The largest absolute Gasteiger partial charge is 0.479 e. The molecule has 0 fully saturated rings. The topological polar surface area (TPSA) is 86.6 Å². The molecular weight excluding hydrogens is 229 g/mol. The quantitative estimate of drug-likeness (QED) is 0.708. The Morgan fingerprint density at radius 3 is 2.65 bits per heavy atom. The van der Waals surface area contributed by atoms with Crippen LogP contribution in [0.1, 0.15) is 15.9 Å². The first-order valence-corrected chi connectivity index (χ1v) is 4.87. The number of nitrogens with one attached hydrogen (secondary N) is 1. The third kappa shape index (κ3) is 3.53. The molecule has 0 aliphatic carbocycles. The fraction of sp³-hybridized carbons (Fsp3) is 0.273. The maximum absolute atomic E-state index is 13.3. The molecule has 1 atom stereocenters. The average molecular weight is 241 g/mol. The molecule has 6 heteroatoms. The molecular formula is C11H12FNO4. The summed E-state index contributed by atoms with van der Waals surface area (Å²) in [4.78, 5) is 21.7.